The van der Waals surface area contributed by atoms with E-state index < -0.39 is 25.4 Å². The zero-order valence-corrected chi connectivity index (χ0v) is 17.3. The Kier molecular flexibility index (Phi) is 9.06. The lowest BCUT2D eigenvalue weighted by Gasteiger charge is -2.24. The molecule has 0 radical (unpaired) electrons. The molecule has 2 aromatic rings. The Labute approximate surface area is 171 Å². The van der Waals surface area contributed by atoms with Crippen molar-refractivity contribution in [2.45, 2.75) is 25.3 Å². The lowest BCUT2D eigenvalue weighted by Crippen LogP contribution is -2.45. The highest BCUT2D eigenvalue weighted by Crippen LogP contribution is 2.42. The molecule has 0 spiro atoms. The molecule has 0 aromatic heterocycles. The van der Waals surface area contributed by atoms with Crippen LogP contribution in [0, 0.1) is 0 Å². The van der Waals surface area contributed by atoms with Crippen LogP contribution >= 0.6 is 7.52 Å². The van der Waals surface area contributed by atoms with Crippen LogP contribution in [0.5, 0.6) is 0 Å². The number of carbonyl (C=O) groups is 2. The molecule has 0 saturated heterocycles. The summed E-state index contributed by atoms with van der Waals surface area (Å²) in [4.78, 5) is 23.4. The number of aryl methyl sites for hydroxylation is 1. The van der Waals surface area contributed by atoms with Crippen molar-refractivity contribution in [1.82, 2.24) is 10.4 Å². The van der Waals surface area contributed by atoms with Gasteiger partial charge in [-0.05, 0) is 24.0 Å². The molecule has 3 N–H and O–H groups in total. The monoisotopic (exact) mass is 418 g/mol. The highest BCUT2D eigenvalue weighted by atomic mass is 31.2. The first-order valence-corrected chi connectivity index (χ1v) is 11.2. The fourth-order valence-corrected chi connectivity index (χ4v) is 4.48. The molecule has 0 heterocycles. The van der Waals surface area contributed by atoms with Crippen molar-refractivity contribution in [3.8, 4) is 0 Å². The molecule has 1 amide bonds. The summed E-state index contributed by atoms with van der Waals surface area (Å²) in [7, 11) is -1.93. The number of carboxylic acid groups (broad SMARTS) is 1. The van der Waals surface area contributed by atoms with E-state index in [0.29, 0.717) is 12.8 Å². The molecule has 8 heteroatoms. The fraction of sp³-hybridized carbons (Fsp3) is 0.333. The summed E-state index contributed by atoms with van der Waals surface area (Å²) >= 11 is 0. The van der Waals surface area contributed by atoms with Gasteiger partial charge in [0.25, 0.3) is 7.52 Å². The zero-order chi connectivity index (χ0) is 21.1. The quantitative estimate of drug-likeness (QED) is 0.458. The molecular formula is C21H27N2O5P. The Morgan fingerprint density at radius 2 is 1.62 bits per heavy atom. The molecule has 2 aromatic carbocycles. The van der Waals surface area contributed by atoms with E-state index in [1.54, 1.807) is 0 Å². The fourth-order valence-electron chi connectivity index (χ4n) is 2.83. The number of carbonyl (C=O) groups excluding carboxylic acids is 1. The normalized spacial score (nSPS) is 14.0. The standard InChI is InChI=1S/C21H27N2O5P/c1-28-29(27,15-13-17-8-4-2-5-9-17)23-19(16-18-10-6-3-7-11-18)21(26)22-14-12-20(24)25/h2-11,19H,12-16H2,1H3,(H,22,26)(H,23,27)(H,24,25). The van der Waals surface area contributed by atoms with Gasteiger partial charge in [0, 0.05) is 19.8 Å². The third kappa shape index (κ3) is 8.20. The van der Waals surface area contributed by atoms with Gasteiger partial charge >= 0.3 is 5.97 Å². The molecule has 0 saturated carbocycles. The Morgan fingerprint density at radius 1 is 1.03 bits per heavy atom. The third-order valence-corrected chi connectivity index (χ3v) is 6.53. The van der Waals surface area contributed by atoms with Crippen LogP contribution in [0.2, 0.25) is 0 Å². The van der Waals surface area contributed by atoms with Crippen molar-refractivity contribution in [2.75, 3.05) is 19.8 Å². The van der Waals surface area contributed by atoms with Crippen LogP contribution < -0.4 is 10.4 Å². The highest BCUT2D eigenvalue weighted by molar-refractivity contribution is 7.56. The van der Waals surface area contributed by atoms with Crippen LogP contribution in [0.15, 0.2) is 60.7 Å². The smallest absolute Gasteiger partial charge is 0.305 e. The number of nitrogens with one attached hydrogen (secondary N) is 2. The summed E-state index contributed by atoms with van der Waals surface area (Å²) < 4.78 is 18.5. The van der Waals surface area contributed by atoms with Gasteiger partial charge in [-0.2, -0.15) is 0 Å². The minimum absolute atomic E-state index is 0.00242. The van der Waals surface area contributed by atoms with Crippen LogP contribution in [0.25, 0.3) is 0 Å². The molecule has 2 atom stereocenters. The van der Waals surface area contributed by atoms with Crippen molar-refractivity contribution in [3.63, 3.8) is 0 Å². The van der Waals surface area contributed by atoms with Gasteiger partial charge in [0.2, 0.25) is 5.91 Å². The Balaban J connectivity index is 2.09. The van der Waals surface area contributed by atoms with E-state index in [-0.39, 0.29) is 19.1 Å². The first kappa shape index (κ1) is 22.8. The van der Waals surface area contributed by atoms with Gasteiger partial charge in [-0.3, -0.25) is 14.2 Å². The molecule has 156 valence electrons. The number of aliphatic carboxylic acids is 1. The topological polar surface area (TPSA) is 105 Å². The van der Waals surface area contributed by atoms with Gasteiger partial charge in [-0.25, -0.2) is 5.09 Å². The van der Waals surface area contributed by atoms with Crippen LogP contribution in [0.4, 0.5) is 0 Å². The maximum Gasteiger partial charge on any atom is 0.305 e. The first-order valence-electron chi connectivity index (χ1n) is 9.42. The summed E-state index contributed by atoms with van der Waals surface area (Å²) in [5.41, 5.74) is 1.92. The number of hydrogen-bond donors (Lipinski definition) is 3. The van der Waals surface area contributed by atoms with Crippen molar-refractivity contribution in [1.29, 1.82) is 0 Å². The summed E-state index contributed by atoms with van der Waals surface area (Å²) in [6.45, 7) is 0.00242. The van der Waals surface area contributed by atoms with Crippen molar-refractivity contribution in [3.05, 3.63) is 71.8 Å². The second-order valence-corrected chi connectivity index (χ2v) is 9.04. The van der Waals surface area contributed by atoms with Gasteiger partial charge < -0.3 is 14.9 Å². The maximum atomic E-state index is 13.2. The van der Waals surface area contributed by atoms with E-state index in [9.17, 15) is 14.2 Å². The third-order valence-electron chi connectivity index (χ3n) is 4.42. The van der Waals surface area contributed by atoms with Crippen LogP contribution in [-0.4, -0.2) is 42.8 Å². The molecule has 0 aliphatic heterocycles. The predicted octanol–water partition coefficient (Wildman–Crippen LogP) is 2.86. The second-order valence-electron chi connectivity index (χ2n) is 6.62. The molecule has 0 bridgehead atoms. The highest BCUT2D eigenvalue weighted by Gasteiger charge is 2.29. The van der Waals surface area contributed by atoms with Gasteiger partial charge in [0.15, 0.2) is 0 Å². The summed E-state index contributed by atoms with van der Waals surface area (Å²) in [6.07, 6.45) is 0.900. The van der Waals surface area contributed by atoms with E-state index in [1.807, 2.05) is 60.7 Å². The maximum absolute atomic E-state index is 13.2. The lowest BCUT2D eigenvalue weighted by molar-refractivity contribution is -0.137. The summed E-state index contributed by atoms with van der Waals surface area (Å²) in [5.74, 6) is -1.41. The zero-order valence-electron chi connectivity index (χ0n) is 16.4. The van der Waals surface area contributed by atoms with E-state index in [2.05, 4.69) is 10.4 Å². The van der Waals surface area contributed by atoms with E-state index >= 15 is 0 Å². The van der Waals surface area contributed by atoms with Gasteiger partial charge in [0.05, 0.1) is 12.5 Å². The average Bonchev–Trinajstić information content (AvgIpc) is 2.73. The van der Waals surface area contributed by atoms with Crippen molar-refractivity contribution >= 4 is 19.4 Å². The molecule has 29 heavy (non-hydrogen) atoms. The second kappa shape index (κ2) is 11.5. The molecule has 7 nitrogen and oxygen atoms in total. The van der Waals surface area contributed by atoms with E-state index in [1.165, 1.54) is 7.11 Å². The Hall–Kier alpha value is -2.47. The van der Waals surface area contributed by atoms with Gasteiger partial charge in [-0.1, -0.05) is 60.7 Å². The average molecular weight is 418 g/mol. The molecule has 0 aliphatic carbocycles. The summed E-state index contributed by atoms with van der Waals surface area (Å²) in [6, 6.07) is 18.2. The molecular weight excluding hydrogens is 391 g/mol. The van der Waals surface area contributed by atoms with Crippen LogP contribution in [0.3, 0.4) is 0 Å². The molecule has 2 unspecified atom stereocenters. The molecule has 2 rings (SSSR count). The predicted molar refractivity (Wildman–Crippen MR) is 112 cm³/mol. The minimum Gasteiger partial charge on any atom is -0.481 e. The Bertz CT molecular complexity index is 829. The largest absolute Gasteiger partial charge is 0.481 e. The van der Waals surface area contributed by atoms with Crippen molar-refractivity contribution in [2.24, 2.45) is 0 Å². The molecule has 0 fully saturated rings. The SMILES string of the molecule is COP(=O)(CCc1ccccc1)NC(Cc1ccccc1)C(=O)NCCC(=O)O. The Morgan fingerprint density at radius 3 is 2.17 bits per heavy atom. The number of carboxylic acids is 1. The molecule has 0 aliphatic rings. The number of hydrogen-bond acceptors (Lipinski definition) is 4. The van der Waals surface area contributed by atoms with Crippen molar-refractivity contribution < 1.29 is 23.8 Å². The van der Waals surface area contributed by atoms with E-state index in [0.717, 1.165) is 11.1 Å². The first-order chi connectivity index (χ1) is 13.9. The number of rotatable bonds is 12. The lowest BCUT2D eigenvalue weighted by atomic mass is 10.1. The van der Waals surface area contributed by atoms with E-state index in [4.69, 9.17) is 9.63 Å². The van der Waals surface area contributed by atoms with Gasteiger partial charge in [0.1, 0.15) is 0 Å². The van der Waals surface area contributed by atoms with Crippen LogP contribution in [-0.2, 0) is 31.5 Å². The van der Waals surface area contributed by atoms with Crippen LogP contribution in [0.1, 0.15) is 17.5 Å². The van der Waals surface area contributed by atoms with Gasteiger partial charge in [-0.15, -0.1) is 0 Å². The number of amides is 1. The minimum atomic E-state index is -3.29. The summed E-state index contributed by atoms with van der Waals surface area (Å²) in [5, 5.41) is 14.3. The number of benzene rings is 2.